The molecule has 0 spiro atoms. The molecule has 1 aliphatic heterocycles. The van der Waals surface area contributed by atoms with Gasteiger partial charge in [0.25, 0.3) is 0 Å². The van der Waals surface area contributed by atoms with Gasteiger partial charge < -0.3 is 15.0 Å². The number of nitrogens with zero attached hydrogens (tertiary/aromatic N) is 1. The molecule has 0 radical (unpaired) electrons. The number of para-hydroxylation sites is 1. The summed E-state index contributed by atoms with van der Waals surface area (Å²) < 4.78 is 5.60. The standard InChI is InChI=1S/C16H24N2O2.ClH/c1-3-20-15-7-5-4-6-14(15)8-9-16(19)18-11-10-17-12-13(18)2;/h4-7,13,17H,3,8-12H2,1-2H3;1H. The van der Waals surface area contributed by atoms with Gasteiger partial charge in [-0.3, -0.25) is 4.79 Å². The van der Waals surface area contributed by atoms with Gasteiger partial charge in [0, 0.05) is 32.1 Å². The predicted octanol–water partition coefficient (Wildman–Crippen LogP) is 2.26. The fraction of sp³-hybridized carbons (Fsp3) is 0.562. The van der Waals surface area contributed by atoms with Crippen LogP contribution in [-0.2, 0) is 11.2 Å². The predicted molar refractivity (Wildman–Crippen MR) is 87.2 cm³/mol. The first-order chi connectivity index (χ1) is 9.72. The summed E-state index contributed by atoms with van der Waals surface area (Å²) in [5.74, 6) is 1.14. The van der Waals surface area contributed by atoms with E-state index in [2.05, 4.69) is 12.2 Å². The van der Waals surface area contributed by atoms with Gasteiger partial charge in [-0.15, -0.1) is 12.4 Å². The SMILES string of the molecule is CCOc1ccccc1CCC(=O)N1CCNCC1C.Cl. The monoisotopic (exact) mass is 312 g/mol. The first-order valence-electron chi connectivity index (χ1n) is 7.43. The maximum absolute atomic E-state index is 12.3. The van der Waals surface area contributed by atoms with Gasteiger partial charge in [0.2, 0.25) is 5.91 Å². The first-order valence-corrected chi connectivity index (χ1v) is 7.43. The molecule has 1 N–H and O–H groups in total. The van der Waals surface area contributed by atoms with E-state index < -0.39 is 0 Å². The summed E-state index contributed by atoms with van der Waals surface area (Å²) >= 11 is 0. The van der Waals surface area contributed by atoms with Crippen LogP contribution in [-0.4, -0.2) is 43.1 Å². The lowest BCUT2D eigenvalue weighted by Crippen LogP contribution is -2.52. The third kappa shape index (κ3) is 4.90. The molecular formula is C16H25ClN2O2. The molecule has 0 bridgehead atoms. The number of hydrogen-bond acceptors (Lipinski definition) is 3. The summed E-state index contributed by atoms with van der Waals surface area (Å²) in [5.41, 5.74) is 1.12. The normalized spacial score (nSPS) is 18.0. The smallest absolute Gasteiger partial charge is 0.223 e. The Balaban J connectivity index is 0.00000220. The Bertz CT molecular complexity index is 454. The van der Waals surface area contributed by atoms with E-state index in [-0.39, 0.29) is 18.3 Å². The number of benzene rings is 1. The van der Waals surface area contributed by atoms with Crippen molar-refractivity contribution in [2.45, 2.75) is 32.7 Å². The molecule has 1 aliphatic rings. The second-order valence-electron chi connectivity index (χ2n) is 5.18. The molecular weight excluding hydrogens is 288 g/mol. The molecule has 0 aromatic heterocycles. The van der Waals surface area contributed by atoms with E-state index >= 15 is 0 Å². The lowest BCUT2D eigenvalue weighted by molar-refractivity contribution is -0.133. The Morgan fingerprint density at radius 3 is 2.90 bits per heavy atom. The highest BCUT2D eigenvalue weighted by molar-refractivity contribution is 5.85. The molecule has 1 saturated heterocycles. The van der Waals surface area contributed by atoms with Crippen LogP contribution in [0.5, 0.6) is 5.75 Å². The highest BCUT2D eigenvalue weighted by Crippen LogP contribution is 2.20. The molecule has 1 fully saturated rings. The van der Waals surface area contributed by atoms with Gasteiger partial charge in [-0.25, -0.2) is 0 Å². The third-order valence-corrected chi connectivity index (χ3v) is 3.70. The number of piperazine rings is 1. The van der Waals surface area contributed by atoms with Gasteiger partial charge in [-0.05, 0) is 31.9 Å². The molecule has 21 heavy (non-hydrogen) atoms. The number of aryl methyl sites for hydroxylation is 1. The van der Waals surface area contributed by atoms with E-state index in [0.717, 1.165) is 37.4 Å². The maximum atomic E-state index is 12.3. The lowest BCUT2D eigenvalue weighted by Gasteiger charge is -2.34. The van der Waals surface area contributed by atoms with Crippen molar-refractivity contribution < 1.29 is 9.53 Å². The summed E-state index contributed by atoms with van der Waals surface area (Å²) in [6, 6.07) is 8.26. The maximum Gasteiger partial charge on any atom is 0.223 e. The van der Waals surface area contributed by atoms with E-state index in [1.54, 1.807) is 0 Å². The Labute approximate surface area is 133 Å². The number of rotatable bonds is 5. The summed E-state index contributed by atoms with van der Waals surface area (Å²) in [5, 5.41) is 3.31. The number of ether oxygens (including phenoxy) is 1. The molecule has 1 amide bonds. The number of halogens is 1. The van der Waals surface area contributed by atoms with Crippen LogP contribution >= 0.6 is 12.4 Å². The molecule has 1 unspecified atom stereocenters. The van der Waals surface area contributed by atoms with Crippen molar-refractivity contribution in [1.29, 1.82) is 0 Å². The van der Waals surface area contributed by atoms with E-state index in [1.807, 2.05) is 36.1 Å². The summed E-state index contributed by atoms with van der Waals surface area (Å²) in [6.45, 7) is 7.32. The number of hydrogen-bond donors (Lipinski definition) is 1. The molecule has 2 rings (SSSR count). The van der Waals surface area contributed by atoms with E-state index in [9.17, 15) is 4.79 Å². The zero-order chi connectivity index (χ0) is 14.4. The molecule has 0 aliphatic carbocycles. The second-order valence-corrected chi connectivity index (χ2v) is 5.18. The van der Waals surface area contributed by atoms with Crippen LogP contribution in [0.4, 0.5) is 0 Å². The first kappa shape index (κ1) is 17.8. The average Bonchev–Trinajstić information content (AvgIpc) is 2.47. The van der Waals surface area contributed by atoms with Crippen LogP contribution in [0, 0.1) is 0 Å². The van der Waals surface area contributed by atoms with Crippen molar-refractivity contribution >= 4 is 18.3 Å². The fourth-order valence-electron chi connectivity index (χ4n) is 2.60. The minimum atomic E-state index is 0. The van der Waals surface area contributed by atoms with Crippen LogP contribution in [0.3, 0.4) is 0 Å². The van der Waals surface area contributed by atoms with E-state index in [0.29, 0.717) is 19.1 Å². The Kier molecular flexibility index (Phi) is 7.54. The molecule has 0 saturated carbocycles. The number of amides is 1. The molecule has 1 atom stereocenters. The van der Waals surface area contributed by atoms with Crippen molar-refractivity contribution in [3.05, 3.63) is 29.8 Å². The average molecular weight is 313 g/mol. The van der Waals surface area contributed by atoms with Gasteiger partial charge in [-0.2, -0.15) is 0 Å². The van der Waals surface area contributed by atoms with E-state index in [4.69, 9.17) is 4.74 Å². The van der Waals surface area contributed by atoms with Gasteiger partial charge in [-0.1, -0.05) is 18.2 Å². The quantitative estimate of drug-likeness (QED) is 0.907. The fourth-order valence-corrected chi connectivity index (χ4v) is 2.60. The lowest BCUT2D eigenvalue weighted by atomic mass is 10.1. The van der Waals surface area contributed by atoms with Crippen molar-refractivity contribution in [1.82, 2.24) is 10.2 Å². The van der Waals surface area contributed by atoms with Gasteiger partial charge in [0.1, 0.15) is 5.75 Å². The molecule has 1 aromatic rings. The van der Waals surface area contributed by atoms with Gasteiger partial charge in [0.15, 0.2) is 0 Å². The van der Waals surface area contributed by atoms with Crippen LogP contribution in [0.25, 0.3) is 0 Å². The van der Waals surface area contributed by atoms with Crippen LogP contribution in [0.2, 0.25) is 0 Å². The topological polar surface area (TPSA) is 41.6 Å². The van der Waals surface area contributed by atoms with Crippen molar-refractivity contribution in [3.8, 4) is 5.75 Å². The minimum absolute atomic E-state index is 0. The number of carbonyl (C=O) groups is 1. The minimum Gasteiger partial charge on any atom is -0.494 e. The number of carbonyl (C=O) groups excluding carboxylic acids is 1. The van der Waals surface area contributed by atoms with Gasteiger partial charge in [0.05, 0.1) is 6.61 Å². The highest BCUT2D eigenvalue weighted by atomic mass is 35.5. The van der Waals surface area contributed by atoms with Crippen LogP contribution in [0.1, 0.15) is 25.8 Å². The summed E-state index contributed by atoms with van der Waals surface area (Å²) in [4.78, 5) is 14.3. The molecule has 4 nitrogen and oxygen atoms in total. The van der Waals surface area contributed by atoms with E-state index in [1.165, 1.54) is 0 Å². The van der Waals surface area contributed by atoms with Crippen molar-refractivity contribution in [2.24, 2.45) is 0 Å². The third-order valence-electron chi connectivity index (χ3n) is 3.70. The van der Waals surface area contributed by atoms with Crippen LogP contribution in [0.15, 0.2) is 24.3 Å². The molecule has 1 heterocycles. The van der Waals surface area contributed by atoms with Crippen molar-refractivity contribution in [2.75, 3.05) is 26.2 Å². The summed E-state index contributed by atoms with van der Waals surface area (Å²) in [7, 11) is 0. The largest absolute Gasteiger partial charge is 0.494 e. The Hall–Kier alpha value is -1.26. The zero-order valence-corrected chi connectivity index (χ0v) is 13.6. The number of nitrogens with one attached hydrogen (secondary N) is 1. The zero-order valence-electron chi connectivity index (χ0n) is 12.8. The molecule has 5 heteroatoms. The molecule has 1 aromatic carbocycles. The molecule has 118 valence electrons. The van der Waals surface area contributed by atoms with Gasteiger partial charge >= 0.3 is 0 Å². The van der Waals surface area contributed by atoms with Crippen molar-refractivity contribution in [3.63, 3.8) is 0 Å². The Morgan fingerprint density at radius 1 is 1.43 bits per heavy atom. The summed E-state index contributed by atoms with van der Waals surface area (Å²) in [6.07, 6.45) is 1.29. The van der Waals surface area contributed by atoms with Crippen LogP contribution < -0.4 is 10.1 Å². The Morgan fingerprint density at radius 2 is 2.19 bits per heavy atom. The highest BCUT2D eigenvalue weighted by Gasteiger charge is 2.22. The second kappa shape index (κ2) is 8.90.